The van der Waals surface area contributed by atoms with Crippen LogP contribution in [0.15, 0.2) is 43.2 Å². The van der Waals surface area contributed by atoms with Gasteiger partial charge in [0.05, 0.1) is 17.9 Å². The van der Waals surface area contributed by atoms with Crippen LogP contribution in [0.2, 0.25) is 0 Å². The molecule has 1 aliphatic carbocycles. The molecule has 162 valence electrons. The van der Waals surface area contributed by atoms with Gasteiger partial charge in [0.2, 0.25) is 5.95 Å². The molecule has 1 fully saturated rings. The molecule has 0 bridgehead atoms. The van der Waals surface area contributed by atoms with Crippen LogP contribution in [-0.4, -0.2) is 45.3 Å². The average molecular weight is 428 g/mol. The van der Waals surface area contributed by atoms with E-state index in [4.69, 9.17) is 9.97 Å². The van der Waals surface area contributed by atoms with E-state index in [1.54, 1.807) is 12.5 Å². The highest BCUT2D eigenvalue weighted by atomic mass is 15.4. The molecule has 2 aliphatic rings. The van der Waals surface area contributed by atoms with Gasteiger partial charge in [-0.05, 0) is 38.3 Å². The van der Waals surface area contributed by atoms with Crippen molar-refractivity contribution in [2.45, 2.75) is 58.0 Å². The highest BCUT2D eigenvalue weighted by molar-refractivity contribution is 5.63. The Balaban J connectivity index is 1.48. The molecule has 0 amide bonds. The highest BCUT2D eigenvalue weighted by Crippen LogP contribution is 2.43. The van der Waals surface area contributed by atoms with Gasteiger partial charge in [-0.2, -0.15) is 4.98 Å². The van der Waals surface area contributed by atoms with Gasteiger partial charge in [0.1, 0.15) is 17.8 Å². The van der Waals surface area contributed by atoms with Crippen LogP contribution in [0.3, 0.4) is 0 Å². The van der Waals surface area contributed by atoms with Crippen molar-refractivity contribution >= 4 is 5.82 Å². The summed E-state index contributed by atoms with van der Waals surface area (Å²) in [4.78, 5) is 21.0. The van der Waals surface area contributed by atoms with E-state index >= 15 is 0 Å². The van der Waals surface area contributed by atoms with E-state index in [1.807, 2.05) is 42.2 Å². The molecule has 1 unspecified atom stereocenters. The highest BCUT2D eigenvalue weighted by Gasteiger charge is 2.39. The Hall–Kier alpha value is -3.62. The van der Waals surface area contributed by atoms with Gasteiger partial charge in [0.15, 0.2) is 11.6 Å². The van der Waals surface area contributed by atoms with E-state index in [0.717, 1.165) is 40.8 Å². The first kappa shape index (κ1) is 19.1. The quantitative estimate of drug-likeness (QED) is 0.489. The molecule has 32 heavy (non-hydrogen) atoms. The summed E-state index contributed by atoms with van der Waals surface area (Å²) >= 11 is 0. The first-order valence-electron chi connectivity index (χ1n) is 11.3. The van der Waals surface area contributed by atoms with E-state index in [-0.39, 0.29) is 6.04 Å². The monoisotopic (exact) mass is 427 g/mol. The summed E-state index contributed by atoms with van der Waals surface area (Å²) in [7, 11) is 0. The fourth-order valence-corrected chi connectivity index (χ4v) is 5.08. The molecule has 1 atom stereocenters. The Bertz CT molecular complexity index is 1250. The maximum atomic E-state index is 5.08. The molecule has 4 aromatic heterocycles. The summed E-state index contributed by atoms with van der Waals surface area (Å²) in [6.45, 7) is 4.20. The van der Waals surface area contributed by atoms with Crippen molar-refractivity contribution in [1.29, 1.82) is 0 Å². The first-order valence-corrected chi connectivity index (χ1v) is 11.3. The van der Waals surface area contributed by atoms with Crippen molar-refractivity contribution in [1.82, 2.24) is 39.3 Å². The van der Waals surface area contributed by atoms with Crippen LogP contribution < -0.4 is 4.90 Å². The van der Waals surface area contributed by atoms with Crippen LogP contribution in [0, 0.1) is 6.92 Å². The van der Waals surface area contributed by atoms with Crippen molar-refractivity contribution in [3.63, 3.8) is 0 Å². The normalized spacial score (nSPS) is 18.1. The summed E-state index contributed by atoms with van der Waals surface area (Å²) < 4.78 is 4.00. The molecule has 0 spiro atoms. The smallest absolute Gasteiger partial charge is 0.237 e. The number of rotatable bonds is 4. The minimum absolute atomic E-state index is 0.156. The van der Waals surface area contributed by atoms with Crippen molar-refractivity contribution in [2.24, 2.45) is 0 Å². The Labute approximate surface area is 186 Å². The van der Waals surface area contributed by atoms with Crippen LogP contribution >= 0.6 is 0 Å². The lowest BCUT2D eigenvalue weighted by Gasteiger charge is -2.41. The number of pyridine rings is 1. The van der Waals surface area contributed by atoms with Gasteiger partial charge >= 0.3 is 0 Å². The fraction of sp³-hybridized carbons (Fsp3) is 0.391. The minimum atomic E-state index is 0.156. The molecular formula is C23H25N9. The number of nitrogens with zero attached hydrogens (tertiary/aromatic N) is 9. The number of fused-ring (bicyclic) bond motifs is 3. The van der Waals surface area contributed by atoms with E-state index in [2.05, 4.69) is 36.6 Å². The number of aromatic nitrogens is 8. The maximum Gasteiger partial charge on any atom is 0.237 e. The van der Waals surface area contributed by atoms with Gasteiger partial charge in [-0.25, -0.2) is 9.97 Å². The van der Waals surface area contributed by atoms with E-state index in [1.165, 1.54) is 25.7 Å². The Morgan fingerprint density at radius 1 is 1.09 bits per heavy atom. The molecule has 6 rings (SSSR count). The maximum absolute atomic E-state index is 5.08. The second kappa shape index (κ2) is 7.51. The second-order valence-corrected chi connectivity index (χ2v) is 8.50. The molecule has 9 heteroatoms. The van der Waals surface area contributed by atoms with Crippen LogP contribution in [0.5, 0.6) is 0 Å². The lowest BCUT2D eigenvalue weighted by molar-refractivity contribution is 0.467. The first-order chi connectivity index (χ1) is 15.7. The Morgan fingerprint density at radius 2 is 1.97 bits per heavy atom. The SMILES string of the molecule is CCC1c2nnc(C)n2-c2cnc(-n3cnc(-c4cccnc4)c3)nc2N1C1CCCC1. The molecule has 4 aromatic rings. The van der Waals surface area contributed by atoms with Crippen molar-refractivity contribution in [3.8, 4) is 22.9 Å². The van der Waals surface area contributed by atoms with E-state index < -0.39 is 0 Å². The Kier molecular flexibility index (Phi) is 4.48. The number of aryl methyl sites for hydroxylation is 1. The second-order valence-electron chi connectivity index (χ2n) is 8.50. The molecule has 0 radical (unpaired) electrons. The van der Waals surface area contributed by atoms with Gasteiger partial charge in [0, 0.05) is 30.2 Å². The standard InChI is InChI=1S/C23H25N9/c1-3-19-22-29-28-15(2)31(22)20-12-25-23(27-21(20)32(19)17-8-4-5-9-17)30-13-18(26-14-30)16-7-6-10-24-11-16/h6-7,10-14,17,19H,3-5,8-9H2,1-2H3. The number of anilines is 1. The number of hydrogen-bond donors (Lipinski definition) is 0. The third-order valence-corrected chi connectivity index (χ3v) is 6.58. The summed E-state index contributed by atoms with van der Waals surface area (Å²) in [6.07, 6.45) is 15.0. The fourth-order valence-electron chi connectivity index (χ4n) is 5.08. The third kappa shape index (κ3) is 2.91. The predicted molar refractivity (Wildman–Crippen MR) is 120 cm³/mol. The van der Waals surface area contributed by atoms with Crippen molar-refractivity contribution in [3.05, 3.63) is 54.9 Å². The van der Waals surface area contributed by atoms with Crippen LogP contribution in [-0.2, 0) is 0 Å². The topological polar surface area (TPSA) is 90.4 Å². The van der Waals surface area contributed by atoms with E-state index in [0.29, 0.717) is 12.0 Å². The van der Waals surface area contributed by atoms with Gasteiger partial charge < -0.3 is 4.90 Å². The predicted octanol–water partition coefficient (Wildman–Crippen LogP) is 3.83. The molecule has 0 aromatic carbocycles. The molecule has 1 aliphatic heterocycles. The van der Waals surface area contributed by atoms with Crippen LogP contribution in [0.25, 0.3) is 22.9 Å². The van der Waals surface area contributed by atoms with Crippen molar-refractivity contribution in [2.75, 3.05) is 4.90 Å². The zero-order valence-electron chi connectivity index (χ0n) is 18.3. The molecular weight excluding hydrogens is 402 g/mol. The average Bonchev–Trinajstić information content (AvgIpc) is 3.60. The van der Waals surface area contributed by atoms with Crippen molar-refractivity contribution < 1.29 is 0 Å². The minimum Gasteiger partial charge on any atom is -0.341 e. The van der Waals surface area contributed by atoms with Crippen LogP contribution in [0.4, 0.5) is 5.82 Å². The molecule has 1 saturated carbocycles. The van der Waals surface area contributed by atoms with Gasteiger partial charge in [-0.1, -0.05) is 19.8 Å². The molecule has 0 saturated heterocycles. The van der Waals surface area contributed by atoms with Gasteiger partial charge in [-0.3, -0.25) is 14.1 Å². The Morgan fingerprint density at radius 3 is 2.75 bits per heavy atom. The zero-order chi connectivity index (χ0) is 21.7. The molecule has 0 N–H and O–H groups in total. The largest absolute Gasteiger partial charge is 0.341 e. The lowest BCUT2D eigenvalue weighted by Crippen LogP contribution is -2.42. The van der Waals surface area contributed by atoms with Gasteiger partial charge in [0.25, 0.3) is 0 Å². The summed E-state index contributed by atoms with van der Waals surface area (Å²) in [5.41, 5.74) is 2.76. The van der Waals surface area contributed by atoms with Gasteiger partial charge in [-0.15, -0.1) is 10.2 Å². The molecule has 9 nitrogen and oxygen atoms in total. The summed E-state index contributed by atoms with van der Waals surface area (Å²) in [5.74, 6) is 3.42. The summed E-state index contributed by atoms with van der Waals surface area (Å²) in [6, 6.07) is 4.52. The number of imidazole rings is 1. The van der Waals surface area contributed by atoms with Crippen LogP contribution in [0.1, 0.15) is 56.7 Å². The van der Waals surface area contributed by atoms with E-state index in [9.17, 15) is 0 Å². The molecule has 5 heterocycles. The summed E-state index contributed by atoms with van der Waals surface area (Å²) in [5, 5.41) is 8.92. The number of hydrogen-bond acceptors (Lipinski definition) is 7. The lowest BCUT2D eigenvalue weighted by atomic mass is 10.0. The zero-order valence-corrected chi connectivity index (χ0v) is 18.3. The third-order valence-electron chi connectivity index (χ3n) is 6.58.